The number of rotatable bonds is 2. The molecule has 68 valence electrons. The first-order valence-corrected chi connectivity index (χ1v) is 5.47. The molecule has 0 heterocycles. The van der Waals surface area contributed by atoms with E-state index in [9.17, 15) is 21.6 Å². The van der Waals surface area contributed by atoms with Crippen molar-refractivity contribution in [2.24, 2.45) is 0 Å². The molecule has 0 saturated heterocycles. The first kappa shape index (κ1) is 11.5. The molecular formula is C4H6F3IO2S. The van der Waals surface area contributed by atoms with Gasteiger partial charge in [-0.2, -0.15) is 13.2 Å². The topological polar surface area (TPSA) is 34.1 Å². The summed E-state index contributed by atoms with van der Waals surface area (Å²) in [6, 6.07) is 0. The van der Waals surface area contributed by atoms with Crippen LogP contribution in [0.15, 0.2) is 0 Å². The normalized spacial score (nSPS) is 16.5. The van der Waals surface area contributed by atoms with Crippen molar-refractivity contribution in [1.82, 2.24) is 0 Å². The van der Waals surface area contributed by atoms with E-state index in [0.717, 1.165) is 0 Å². The Morgan fingerprint density at radius 2 is 1.82 bits per heavy atom. The molecule has 0 aromatic carbocycles. The Hall–Kier alpha value is 0.470. The lowest BCUT2D eigenvalue weighted by atomic mass is 10.6. The molecule has 0 bridgehead atoms. The summed E-state index contributed by atoms with van der Waals surface area (Å²) in [5.41, 5.74) is -5.12. The summed E-state index contributed by atoms with van der Waals surface area (Å²) in [5.74, 6) is 0. The second-order valence-corrected chi connectivity index (χ2v) is 6.28. The fourth-order valence-corrected chi connectivity index (χ4v) is 1.96. The summed E-state index contributed by atoms with van der Waals surface area (Å²) < 4.78 is 54.6. The smallest absolute Gasteiger partial charge is 0.218 e. The van der Waals surface area contributed by atoms with Gasteiger partial charge in [-0.1, -0.05) is 29.5 Å². The van der Waals surface area contributed by atoms with Crippen LogP contribution in [-0.2, 0) is 9.84 Å². The van der Waals surface area contributed by atoms with E-state index in [-0.39, 0.29) is 6.42 Å². The minimum atomic E-state index is -5.12. The van der Waals surface area contributed by atoms with Crippen LogP contribution in [0.5, 0.6) is 0 Å². The summed E-state index contributed by atoms with van der Waals surface area (Å²) in [7, 11) is -4.94. The molecule has 0 rings (SSSR count). The maximum absolute atomic E-state index is 11.7. The monoisotopic (exact) mass is 302 g/mol. The third-order valence-electron chi connectivity index (χ3n) is 0.980. The van der Waals surface area contributed by atoms with Crippen LogP contribution >= 0.6 is 22.6 Å². The van der Waals surface area contributed by atoms with E-state index in [4.69, 9.17) is 0 Å². The highest BCUT2D eigenvalue weighted by Crippen LogP contribution is 2.31. The molecule has 2 nitrogen and oxygen atoms in total. The van der Waals surface area contributed by atoms with E-state index in [1.807, 2.05) is 0 Å². The SMILES string of the molecule is CCC(I)S(=O)(=O)C(F)(F)F. The summed E-state index contributed by atoms with van der Waals surface area (Å²) in [5, 5.41) is 0. The predicted molar refractivity (Wildman–Crippen MR) is 43.1 cm³/mol. The van der Waals surface area contributed by atoms with Crippen molar-refractivity contribution in [1.29, 1.82) is 0 Å². The van der Waals surface area contributed by atoms with Crippen molar-refractivity contribution in [3.8, 4) is 0 Å². The summed E-state index contributed by atoms with van der Waals surface area (Å²) in [6.45, 7) is 1.39. The van der Waals surface area contributed by atoms with Crippen molar-refractivity contribution < 1.29 is 21.6 Å². The zero-order valence-electron chi connectivity index (χ0n) is 5.52. The highest BCUT2D eigenvalue weighted by molar-refractivity contribution is 14.1. The zero-order chi connectivity index (χ0) is 9.28. The Morgan fingerprint density at radius 1 is 1.45 bits per heavy atom. The molecular weight excluding hydrogens is 296 g/mol. The van der Waals surface area contributed by atoms with Gasteiger partial charge in [0.2, 0.25) is 0 Å². The van der Waals surface area contributed by atoms with Gasteiger partial charge in [0.25, 0.3) is 9.84 Å². The molecule has 11 heavy (non-hydrogen) atoms. The van der Waals surface area contributed by atoms with Gasteiger partial charge in [-0.25, -0.2) is 8.42 Å². The van der Waals surface area contributed by atoms with Crippen LogP contribution in [0.4, 0.5) is 13.2 Å². The van der Waals surface area contributed by atoms with Gasteiger partial charge in [0, 0.05) is 0 Å². The molecule has 0 aliphatic rings. The van der Waals surface area contributed by atoms with E-state index in [2.05, 4.69) is 0 Å². The maximum Gasteiger partial charge on any atom is 0.498 e. The van der Waals surface area contributed by atoms with Crippen LogP contribution in [0, 0.1) is 0 Å². The number of hydrogen-bond acceptors (Lipinski definition) is 2. The fourth-order valence-electron chi connectivity index (χ4n) is 0.364. The van der Waals surface area contributed by atoms with Crippen LogP contribution in [0.1, 0.15) is 13.3 Å². The Kier molecular flexibility index (Phi) is 3.61. The first-order chi connectivity index (χ1) is 4.73. The first-order valence-electron chi connectivity index (χ1n) is 2.67. The minimum absolute atomic E-state index is 0.0393. The molecule has 1 atom stereocenters. The van der Waals surface area contributed by atoms with Crippen molar-refractivity contribution in [2.75, 3.05) is 0 Å². The largest absolute Gasteiger partial charge is 0.498 e. The number of alkyl halides is 4. The standard InChI is InChI=1S/C4H6F3IO2S/c1-2-3(8)11(9,10)4(5,6)7/h3H,2H2,1H3. The molecule has 0 fully saturated rings. The lowest BCUT2D eigenvalue weighted by molar-refractivity contribution is -0.0437. The van der Waals surface area contributed by atoms with Crippen LogP contribution in [-0.4, -0.2) is 17.2 Å². The van der Waals surface area contributed by atoms with Gasteiger partial charge in [-0.15, -0.1) is 0 Å². The van der Waals surface area contributed by atoms with Gasteiger partial charge in [0.05, 0.1) is 0 Å². The molecule has 0 saturated carbocycles. The quantitative estimate of drug-likeness (QED) is 0.578. The molecule has 0 spiro atoms. The molecule has 0 aromatic rings. The van der Waals surface area contributed by atoms with Crippen molar-refractivity contribution in [2.45, 2.75) is 22.1 Å². The highest BCUT2D eigenvalue weighted by atomic mass is 127. The van der Waals surface area contributed by atoms with Gasteiger partial charge in [-0.3, -0.25) is 0 Å². The fraction of sp³-hybridized carbons (Fsp3) is 1.00. The average molecular weight is 302 g/mol. The molecule has 0 aliphatic carbocycles. The maximum atomic E-state index is 11.7. The van der Waals surface area contributed by atoms with Gasteiger partial charge in [-0.05, 0) is 6.42 Å². The predicted octanol–water partition coefficient (Wildman–Crippen LogP) is 2.09. The third-order valence-corrected chi connectivity index (χ3v) is 5.52. The molecule has 0 radical (unpaired) electrons. The van der Waals surface area contributed by atoms with Gasteiger partial charge < -0.3 is 0 Å². The van der Waals surface area contributed by atoms with Gasteiger partial charge in [0.15, 0.2) is 0 Å². The molecule has 0 amide bonds. The summed E-state index contributed by atoms with van der Waals surface area (Å²) in [4.78, 5) is 0. The van der Waals surface area contributed by atoms with Crippen LogP contribution in [0.2, 0.25) is 0 Å². The molecule has 0 aliphatic heterocycles. The van der Waals surface area contributed by atoms with Gasteiger partial charge >= 0.3 is 5.51 Å². The van der Waals surface area contributed by atoms with Crippen LogP contribution in [0.3, 0.4) is 0 Å². The van der Waals surface area contributed by atoms with E-state index in [0.29, 0.717) is 0 Å². The Morgan fingerprint density at radius 3 is 1.91 bits per heavy atom. The number of hydrogen-bond donors (Lipinski definition) is 0. The summed E-state index contributed by atoms with van der Waals surface area (Å²) in [6.07, 6.45) is -0.0393. The van der Waals surface area contributed by atoms with Crippen LogP contribution in [0.25, 0.3) is 0 Å². The average Bonchev–Trinajstić information content (AvgIpc) is 1.83. The number of sulfone groups is 1. The molecule has 1 unspecified atom stereocenters. The van der Waals surface area contributed by atoms with Crippen LogP contribution < -0.4 is 0 Å². The van der Waals surface area contributed by atoms with E-state index in [1.54, 1.807) is 0 Å². The minimum Gasteiger partial charge on any atom is -0.218 e. The lowest BCUT2D eigenvalue weighted by Gasteiger charge is -2.11. The second kappa shape index (κ2) is 3.46. The molecule has 7 heteroatoms. The Balaban J connectivity index is 4.77. The zero-order valence-corrected chi connectivity index (χ0v) is 8.50. The molecule has 0 aromatic heterocycles. The Bertz CT molecular complexity index is 220. The highest BCUT2D eigenvalue weighted by Gasteiger charge is 2.49. The lowest BCUT2D eigenvalue weighted by Crippen LogP contribution is -2.30. The molecule has 0 N–H and O–H groups in total. The van der Waals surface area contributed by atoms with E-state index >= 15 is 0 Å². The van der Waals surface area contributed by atoms with Crippen molar-refractivity contribution in [3.63, 3.8) is 0 Å². The van der Waals surface area contributed by atoms with E-state index < -0.39 is 18.6 Å². The Labute approximate surface area is 76.2 Å². The van der Waals surface area contributed by atoms with Crippen molar-refractivity contribution in [3.05, 3.63) is 0 Å². The third kappa shape index (κ3) is 2.46. The van der Waals surface area contributed by atoms with E-state index in [1.165, 1.54) is 29.5 Å². The second-order valence-electron chi connectivity index (χ2n) is 1.81. The summed E-state index contributed by atoms with van der Waals surface area (Å²) >= 11 is 1.27. The van der Waals surface area contributed by atoms with Gasteiger partial charge in [0.1, 0.15) is 3.26 Å². The van der Waals surface area contributed by atoms with Crippen molar-refractivity contribution >= 4 is 32.4 Å². The number of halogens is 4.